The quantitative estimate of drug-likeness (QED) is 0.449. The van der Waals surface area contributed by atoms with Gasteiger partial charge in [0.2, 0.25) is 0 Å². The number of aromatic nitrogens is 5. The topological polar surface area (TPSA) is 65.1 Å². The van der Waals surface area contributed by atoms with Gasteiger partial charge < -0.3 is 0 Å². The number of pyridine rings is 2. The molecule has 5 rings (SSSR count). The first-order chi connectivity index (χ1) is 14.4. The molecule has 148 valence electrons. The molecule has 0 aliphatic carbocycles. The van der Waals surface area contributed by atoms with E-state index in [1.54, 1.807) is 11.6 Å². The molecule has 1 aromatic carbocycles. The molecule has 0 amide bonds. The second kappa shape index (κ2) is 6.62. The van der Waals surface area contributed by atoms with E-state index in [1.807, 2.05) is 80.0 Å². The van der Waals surface area contributed by atoms with Crippen LogP contribution in [0.25, 0.3) is 38.9 Å². The van der Waals surface area contributed by atoms with Crippen LogP contribution in [0.2, 0.25) is 0 Å². The highest BCUT2D eigenvalue weighted by Crippen LogP contribution is 2.26. The Labute approximate surface area is 173 Å². The van der Waals surface area contributed by atoms with Crippen LogP contribution >= 0.6 is 0 Å². The molecular formula is C24H21N5O. The summed E-state index contributed by atoms with van der Waals surface area (Å²) < 4.78 is 3.50. The molecule has 0 saturated carbocycles. The number of fused-ring (bicyclic) bond motifs is 3. The van der Waals surface area contributed by atoms with Crippen molar-refractivity contribution < 1.29 is 0 Å². The largest absolute Gasteiger partial charge is 0.296 e. The molecule has 0 aliphatic rings. The second-order valence-electron chi connectivity index (χ2n) is 7.72. The van der Waals surface area contributed by atoms with Crippen LogP contribution < -0.4 is 5.56 Å². The maximum atomic E-state index is 13.0. The lowest BCUT2D eigenvalue weighted by Gasteiger charge is -2.08. The highest BCUT2D eigenvalue weighted by molar-refractivity contribution is 5.86. The number of nitrogens with zero attached hydrogens (tertiary/aromatic N) is 5. The van der Waals surface area contributed by atoms with Gasteiger partial charge in [-0.3, -0.25) is 19.3 Å². The highest BCUT2D eigenvalue weighted by Gasteiger charge is 2.14. The van der Waals surface area contributed by atoms with Gasteiger partial charge in [0, 0.05) is 47.5 Å². The predicted octanol–water partition coefficient (Wildman–Crippen LogP) is 4.24. The SMILES string of the molecule is Cc1ccc(-c2ccc3c(=O)n(C)c4cc(-c5cc(C)nc(C)c5)nn4c3c2)cn1. The third kappa shape index (κ3) is 2.88. The number of hydrogen-bond acceptors (Lipinski definition) is 4. The molecule has 0 saturated heterocycles. The summed E-state index contributed by atoms with van der Waals surface area (Å²) in [5.41, 5.74) is 8.13. The fourth-order valence-electron chi connectivity index (χ4n) is 3.90. The smallest absolute Gasteiger partial charge is 0.261 e. The Hall–Kier alpha value is -3.80. The van der Waals surface area contributed by atoms with Gasteiger partial charge in [0.25, 0.3) is 5.56 Å². The summed E-state index contributed by atoms with van der Waals surface area (Å²) in [5, 5.41) is 5.49. The van der Waals surface area contributed by atoms with Gasteiger partial charge in [-0.1, -0.05) is 12.1 Å². The molecule has 0 bridgehead atoms. The third-order valence-electron chi connectivity index (χ3n) is 5.42. The van der Waals surface area contributed by atoms with Crippen molar-refractivity contribution in [2.24, 2.45) is 7.05 Å². The molecule has 0 unspecified atom stereocenters. The van der Waals surface area contributed by atoms with Gasteiger partial charge in [-0.25, -0.2) is 4.52 Å². The van der Waals surface area contributed by atoms with Crippen LogP contribution in [0.4, 0.5) is 0 Å². The second-order valence-corrected chi connectivity index (χ2v) is 7.72. The molecule has 0 spiro atoms. The first-order valence-electron chi connectivity index (χ1n) is 9.82. The van der Waals surface area contributed by atoms with Crippen molar-refractivity contribution in [3.05, 3.63) is 82.2 Å². The van der Waals surface area contributed by atoms with E-state index in [1.165, 1.54) is 0 Å². The molecule has 5 aromatic rings. The zero-order valence-electron chi connectivity index (χ0n) is 17.3. The minimum absolute atomic E-state index is 0.0420. The fourth-order valence-corrected chi connectivity index (χ4v) is 3.90. The molecule has 4 aromatic heterocycles. The first kappa shape index (κ1) is 18.2. The number of aryl methyl sites for hydroxylation is 4. The van der Waals surface area contributed by atoms with Crippen molar-refractivity contribution in [3.63, 3.8) is 0 Å². The molecule has 6 nitrogen and oxygen atoms in total. The molecule has 0 N–H and O–H groups in total. The van der Waals surface area contributed by atoms with Crippen LogP contribution in [0, 0.1) is 20.8 Å². The van der Waals surface area contributed by atoms with E-state index in [9.17, 15) is 4.79 Å². The van der Waals surface area contributed by atoms with Gasteiger partial charge in [0.05, 0.1) is 16.6 Å². The van der Waals surface area contributed by atoms with Crippen molar-refractivity contribution in [1.29, 1.82) is 0 Å². The molecule has 4 heterocycles. The highest BCUT2D eigenvalue weighted by atomic mass is 16.1. The van der Waals surface area contributed by atoms with Crippen molar-refractivity contribution in [2.75, 3.05) is 0 Å². The Balaban J connectivity index is 1.80. The maximum Gasteiger partial charge on any atom is 0.261 e. The van der Waals surface area contributed by atoms with Gasteiger partial charge in [-0.2, -0.15) is 5.10 Å². The summed E-state index contributed by atoms with van der Waals surface area (Å²) >= 11 is 0. The molecule has 30 heavy (non-hydrogen) atoms. The monoisotopic (exact) mass is 395 g/mol. The van der Waals surface area contributed by atoms with E-state index in [-0.39, 0.29) is 5.56 Å². The Morgan fingerprint density at radius 3 is 2.23 bits per heavy atom. The van der Waals surface area contributed by atoms with Gasteiger partial charge in [0.1, 0.15) is 5.65 Å². The van der Waals surface area contributed by atoms with Gasteiger partial charge >= 0.3 is 0 Å². The third-order valence-corrected chi connectivity index (χ3v) is 5.42. The summed E-state index contributed by atoms with van der Waals surface area (Å²) in [6.45, 7) is 5.91. The minimum Gasteiger partial charge on any atom is -0.296 e. The van der Waals surface area contributed by atoms with E-state index >= 15 is 0 Å². The average Bonchev–Trinajstić information content (AvgIpc) is 3.17. The van der Waals surface area contributed by atoms with Crippen LogP contribution in [-0.4, -0.2) is 24.1 Å². The molecule has 0 radical (unpaired) electrons. The predicted molar refractivity (Wildman–Crippen MR) is 119 cm³/mol. The van der Waals surface area contributed by atoms with E-state index in [2.05, 4.69) is 9.97 Å². The minimum atomic E-state index is -0.0420. The molecule has 0 atom stereocenters. The van der Waals surface area contributed by atoms with Gasteiger partial charge in [-0.15, -0.1) is 0 Å². The van der Waals surface area contributed by atoms with Crippen LogP contribution in [0.15, 0.2) is 59.5 Å². The molecular weight excluding hydrogens is 374 g/mol. The Kier molecular flexibility index (Phi) is 4.03. The lowest BCUT2D eigenvalue weighted by atomic mass is 10.1. The average molecular weight is 395 g/mol. The van der Waals surface area contributed by atoms with E-state index < -0.39 is 0 Å². The first-order valence-corrected chi connectivity index (χ1v) is 9.82. The number of hydrogen-bond donors (Lipinski definition) is 0. The Morgan fingerprint density at radius 2 is 1.53 bits per heavy atom. The van der Waals surface area contributed by atoms with Crippen molar-refractivity contribution in [1.82, 2.24) is 24.1 Å². The summed E-state index contributed by atoms with van der Waals surface area (Å²) in [6, 6.07) is 15.8. The lowest BCUT2D eigenvalue weighted by Crippen LogP contribution is -2.19. The summed E-state index contributed by atoms with van der Waals surface area (Å²) in [5.74, 6) is 0. The summed E-state index contributed by atoms with van der Waals surface area (Å²) in [4.78, 5) is 21.8. The zero-order valence-corrected chi connectivity index (χ0v) is 17.3. The fraction of sp³-hybridized carbons (Fsp3) is 0.167. The molecule has 0 aliphatic heterocycles. The zero-order chi connectivity index (χ0) is 21.0. The van der Waals surface area contributed by atoms with Crippen LogP contribution in [-0.2, 0) is 7.05 Å². The van der Waals surface area contributed by atoms with Crippen molar-refractivity contribution in [3.8, 4) is 22.4 Å². The summed E-state index contributed by atoms with van der Waals surface area (Å²) in [7, 11) is 1.78. The molecule has 6 heteroatoms. The number of benzene rings is 1. The number of rotatable bonds is 2. The van der Waals surface area contributed by atoms with Crippen LogP contribution in [0.3, 0.4) is 0 Å². The van der Waals surface area contributed by atoms with Crippen molar-refractivity contribution in [2.45, 2.75) is 20.8 Å². The van der Waals surface area contributed by atoms with Crippen LogP contribution in [0.1, 0.15) is 17.1 Å². The van der Waals surface area contributed by atoms with Crippen molar-refractivity contribution >= 4 is 16.6 Å². The lowest BCUT2D eigenvalue weighted by molar-refractivity contribution is 0.850. The Bertz CT molecular complexity index is 1470. The Morgan fingerprint density at radius 1 is 0.800 bits per heavy atom. The normalized spacial score (nSPS) is 11.5. The van der Waals surface area contributed by atoms with E-state index in [0.29, 0.717) is 5.39 Å². The van der Waals surface area contributed by atoms with E-state index in [0.717, 1.165) is 50.6 Å². The summed E-state index contributed by atoms with van der Waals surface area (Å²) in [6.07, 6.45) is 1.85. The van der Waals surface area contributed by atoms with E-state index in [4.69, 9.17) is 5.10 Å². The molecule has 0 fully saturated rings. The standard InChI is InChI=1S/C24H21N5O/c1-14-5-6-18(13-25-14)17-7-8-20-22(11-17)29-23(28(4)24(20)30)12-21(27-29)19-9-15(2)26-16(3)10-19/h5-13H,1-4H3. The van der Waals surface area contributed by atoms with Gasteiger partial charge in [-0.05, 0) is 56.7 Å². The van der Waals surface area contributed by atoms with Gasteiger partial charge in [0.15, 0.2) is 0 Å². The van der Waals surface area contributed by atoms with Crippen LogP contribution in [0.5, 0.6) is 0 Å². The maximum absolute atomic E-state index is 13.0.